The van der Waals surface area contributed by atoms with E-state index in [9.17, 15) is 0 Å². The van der Waals surface area contributed by atoms with Crippen LogP contribution in [0.5, 0.6) is 11.5 Å². The van der Waals surface area contributed by atoms with E-state index < -0.39 is 0 Å². The van der Waals surface area contributed by atoms with Crippen LogP contribution in [0.15, 0.2) is 23.8 Å². The highest BCUT2D eigenvalue weighted by molar-refractivity contribution is 5.58. The third kappa shape index (κ3) is 3.05. The van der Waals surface area contributed by atoms with E-state index in [-0.39, 0.29) is 0 Å². The van der Waals surface area contributed by atoms with Crippen molar-refractivity contribution in [2.24, 2.45) is 0 Å². The van der Waals surface area contributed by atoms with E-state index in [1.807, 2.05) is 19.2 Å². The van der Waals surface area contributed by atoms with Gasteiger partial charge in [0.2, 0.25) is 0 Å². The zero-order valence-electron chi connectivity index (χ0n) is 11.3. The first-order chi connectivity index (χ1) is 8.70. The van der Waals surface area contributed by atoms with Gasteiger partial charge in [0, 0.05) is 12.5 Å². The Labute approximate surface area is 109 Å². The lowest BCUT2D eigenvalue weighted by Crippen LogP contribution is -2.21. The van der Waals surface area contributed by atoms with Crippen molar-refractivity contribution in [3.63, 3.8) is 0 Å². The first-order valence-electron chi connectivity index (χ1n) is 6.46. The molecule has 18 heavy (non-hydrogen) atoms. The molecule has 1 N–H and O–H groups in total. The molecule has 98 valence electrons. The maximum atomic E-state index is 5.69. The van der Waals surface area contributed by atoms with Gasteiger partial charge in [0.15, 0.2) is 11.5 Å². The summed E-state index contributed by atoms with van der Waals surface area (Å²) in [7, 11) is 1.97. The second-order valence-electron chi connectivity index (χ2n) is 4.66. The molecule has 1 aliphatic rings. The summed E-state index contributed by atoms with van der Waals surface area (Å²) in [4.78, 5) is 0. The van der Waals surface area contributed by atoms with Crippen molar-refractivity contribution in [3.05, 3.63) is 29.3 Å². The topological polar surface area (TPSA) is 30.5 Å². The molecule has 0 saturated heterocycles. The number of benzene rings is 1. The highest BCUT2D eigenvalue weighted by Crippen LogP contribution is 2.31. The maximum absolute atomic E-state index is 5.69. The molecule has 1 aromatic carbocycles. The fourth-order valence-corrected chi connectivity index (χ4v) is 1.89. The van der Waals surface area contributed by atoms with Crippen molar-refractivity contribution in [1.29, 1.82) is 0 Å². The summed E-state index contributed by atoms with van der Waals surface area (Å²) in [6.07, 6.45) is 3.12. The van der Waals surface area contributed by atoms with Gasteiger partial charge in [0.1, 0.15) is 0 Å². The molecule has 1 aromatic rings. The first kappa shape index (κ1) is 13.0. The number of hydrogen-bond donors (Lipinski definition) is 1. The molecule has 3 nitrogen and oxygen atoms in total. The molecule has 1 aliphatic heterocycles. The van der Waals surface area contributed by atoms with Crippen molar-refractivity contribution in [3.8, 4) is 11.5 Å². The van der Waals surface area contributed by atoms with E-state index in [4.69, 9.17) is 9.47 Å². The molecular formula is C15H21NO2. The van der Waals surface area contributed by atoms with E-state index in [2.05, 4.69) is 31.3 Å². The molecule has 1 atom stereocenters. The van der Waals surface area contributed by atoms with Crippen LogP contribution in [0.3, 0.4) is 0 Å². The average molecular weight is 247 g/mol. The van der Waals surface area contributed by atoms with Crippen LogP contribution in [0, 0.1) is 0 Å². The zero-order chi connectivity index (χ0) is 13.0. The van der Waals surface area contributed by atoms with E-state index >= 15 is 0 Å². The summed E-state index contributed by atoms with van der Waals surface area (Å²) in [5.74, 6) is 1.70. The molecule has 0 aromatic heterocycles. The second kappa shape index (κ2) is 5.91. The van der Waals surface area contributed by atoms with Gasteiger partial charge in [0.05, 0.1) is 13.2 Å². The van der Waals surface area contributed by atoms with Crippen molar-refractivity contribution >= 4 is 6.08 Å². The summed E-state index contributed by atoms with van der Waals surface area (Å²) in [5.41, 5.74) is 2.45. The molecule has 1 unspecified atom stereocenters. The normalized spacial score (nSPS) is 17.2. The Balaban J connectivity index is 2.23. The van der Waals surface area contributed by atoms with Crippen LogP contribution in [0.25, 0.3) is 6.08 Å². The fourth-order valence-electron chi connectivity index (χ4n) is 1.89. The quantitative estimate of drug-likeness (QED) is 0.891. The second-order valence-corrected chi connectivity index (χ2v) is 4.66. The minimum atomic E-state index is 0.376. The lowest BCUT2D eigenvalue weighted by Gasteiger charge is -2.12. The van der Waals surface area contributed by atoms with E-state index in [0.29, 0.717) is 6.04 Å². The van der Waals surface area contributed by atoms with E-state index in [1.165, 1.54) is 5.57 Å². The van der Waals surface area contributed by atoms with Gasteiger partial charge < -0.3 is 14.8 Å². The Morgan fingerprint density at radius 1 is 1.28 bits per heavy atom. The molecule has 3 heteroatoms. The average Bonchev–Trinajstić information content (AvgIpc) is 2.62. The van der Waals surface area contributed by atoms with Gasteiger partial charge in [-0.05, 0) is 38.6 Å². The molecule has 0 aliphatic carbocycles. The Morgan fingerprint density at radius 2 is 2.00 bits per heavy atom. The first-order valence-corrected chi connectivity index (χ1v) is 6.46. The van der Waals surface area contributed by atoms with Gasteiger partial charge >= 0.3 is 0 Å². The Bertz CT molecular complexity index is 440. The molecule has 0 fully saturated rings. The van der Waals surface area contributed by atoms with E-state index in [1.54, 1.807) is 0 Å². The highest BCUT2D eigenvalue weighted by Gasteiger charge is 2.10. The van der Waals surface area contributed by atoms with Crippen LogP contribution in [0.2, 0.25) is 0 Å². The number of nitrogens with one attached hydrogen (secondary N) is 1. The van der Waals surface area contributed by atoms with Crippen molar-refractivity contribution in [2.45, 2.75) is 26.3 Å². The Kier molecular flexibility index (Phi) is 4.26. The largest absolute Gasteiger partial charge is 0.490 e. The minimum Gasteiger partial charge on any atom is -0.490 e. The van der Waals surface area contributed by atoms with E-state index in [0.717, 1.165) is 36.7 Å². The van der Waals surface area contributed by atoms with Crippen molar-refractivity contribution in [2.75, 3.05) is 20.3 Å². The molecule has 0 spiro atoms. The van der Waals surface area contributed by atoms with Gasteiger partial charge in [-0.15, -0.1) is 0 Å². The van der Waals surface area contributed by atoms with Crippen LogP contribution in [-0.4, -0.2) is 26.3 Å². The molecule has 0 saturated carbocycles. The van der Waals surface area contributed by atoms with Gasteiger partial charge in [0.25, 0.3) is 0 Å². The molecular weight excluding hydrogens is 226 g/mol. The predicted molar refractivity (Wildman–Crippen MR) is 74.2 cm³/mol. The summed E-state index contributed by atoms with van der Waals surface area (Å²) in [5, 5.41) is 3.23. The molecule has 2 rings (SSSR count). The number of fused-ring (bicyclic) bond motifs is 1. The van der Waals surface area contributed by atoms with Crippen LogP contribution in [0.4, 0.5) is 0 Å². The fraction of sp³-hybridized carbons (Fsp3) is 0.467. The minimum absolute atomic E-state index is 0.376. The van der Waals surface area contributed by atoms with Gasteiger partial charge in [-0.3, -0.25) is 0 Å². The lowest BCUT2D eigenvalue weighted by atomic mass is 10.1. The molecule has 0 radical (unpaired) electrons. The van der Waals surface area contributed by atoms with Gasteiger partial charge in [-0.1, -0.05) is 17.7 Å². The maximum Gasteiger partial charge on any atom is 0.161 e. The van der Waals surface area contributed by atoms with Crippen molar-refractivity contribution < 1.29 is 9.47 Å². The number of rotatable bonds is 3. The summed E-state index contributed by atoms with van der Waals surface area (Å²) >= 11 is 0. The van der Waals surface area contributed by atoms with Crippen LogP contribution >= 0.6 is 0 Å². The van der Waals surface area contributed by atoms with Crippen LogP contribution < -0.4 is 14.8 Å². The number of ether oxygens (including phenoxy) is 2. The van der Waals surface area contributed by atoms with Gasteiger partial charge in [-0.2, -0.15) is 0 Å². The van der Waals surface area contributed by atoms with Crippen LogP contribution in [-0.2, 0) is 0 Å². The third-order valence-electron chi connectivity index (χ3n) is 3.28. The molecule has 1 heterocycles. The lowest BCUT2D eigenvalue weighted by molar-refractivity contribution is 0.297. The Morgan fingerprint density at radius 3 is 2.72 bits per heavy atom. The number of hydrogen-bond acceptors (Lipinski definition) is 3. The monoisotopic (exact) mass is 247 g/mol. The smallest absolute Gasteiger partial charge is 0.161 e. The van der Waals surface area contributed by atoms with Crippen molar-refractivity contribution in [1.82, 2.24) is 5.32 Å². The molecule has 0 amide bonds. The standard InChI is InChI=1S/C15H21NO2/c1-11(12(2)16-3)9-13-5-6-14-15(10-13)18-8-4-7-17-14/h5-6,9-10,12,16H,4,7-8H2,1-3H3/b11-9+. The highest BCUT2D eigenvalue weighted by atomic mass is 16.5. The van der Waals surface area contributed by atoms with Crippen LogP contribution in [0.1, 0.15) is 25.8 Å². The summed E-state index contributed by atoms with van der Waals surface area (Å²) < 4.78 is 11.3. The predicted octanol–water partition coefficient (Wildman–Crippen LogP) is 2.86. The Hall–Kier alpha value is -1.48. The summed E-state index contributed by atoms with van der Waals surface area (Å²) in [6.45, 7) is 5.74. The molecule has 0 bridgehead atoms. The summed E-state index contributed by atoms with van der Waals surface area (Å²) in [6, 6.07) is 6.48. The third-order valence-corrected chi connectivity index (χ3v) is 3.28. The van der Waals surface area contributed by atoms with Gasteiger partial charge in [-0.25, -0.2) is 0 Å². The number of likely N-dealkylation sites (N-methyl/N-ethyl adjacent to an activating group) is 1. The zero-order valence-corrected chi connectivity index (χ0v) is 11.3. The SMILES string of the molecule is CNC(C)/C(C)=C/c1ccc2c(c1)OCCCO2.